The molecular weight excluding hydrogens is 272 g/mol. The minimum absolute atomic E-state index is 0.364. The lowest BCUT2D eigenvalue weighted by Gasteiger charge is -2.07. The maximum atomic E-state index is 5.61. The highest BCUT2D eigenvalue weighted by molar-refractivity contribution is 7.17. The Kier molecular flexibility index (Phi) is 3.60. The molecule has 0 bridgehead atoms. The van der Waals surface area contributed by atoms with Gasteiger partial charge < -0.3 is 10.2 Å². The minimum Gasteiger partial charge on any atom is -0.377 e. The van der Waals surface area contributed by atoms with E-state index < -0.39 is 0 Å². The van der Waals surface area contributed by atoms with Crippen LogP contribution in [0, 0.1) is 0 Å². The number of thiophene rings is 1. The van der Waals surface area contributed by atoms with Crippen molar-refractivity contribution in [3.8, 4) is 11.1 Å². The smallest absolute Gasteiger partial charge is 0.158 e. The van der Waals surface area contributed by atoms with Crippen molar-refractivity contribution in [2.45, 2.75) is 6.61 Å². The molecule has 2 aromatic heterocycles. The van der Waals surface area contributed by atoms with Crippen LogP contribution in [0.2, 0.25) is 0 Å². The summed E-state index contributed by atoms with van der Waals surface area (Å²) < 4.78 is 5.08. The van der Waals surface area contributed by atoms with Gasteiger partial charge in [0.15, 0.2) is 11.6 Å². The summed E-state index contributed by atoms with van der Waals surface area (Å²) in [4.78, 5) is 9.81. The molecule has 3 aromatic rings. The number of ether oxygens (including phenoxy) is 1. The fraction of sp³-hybridized carbons (Fsp3) is 0.143. The first-order chi connectivity index (χ1) is 9.83. The summed E-state index contributed by atoms with van der Waals surface area (Å²) >= 11 is 1.58. The average molecular weight is 286 g/mol. The van der Waals surface area contributed by atoms with E-state index in [9.17, 15) is 0 Å². The van der Waals surface area contributed by atoms with Crippen LogP contribution in [-0.2, 0) is 11.3 Å². The molecule has 0 aliphatic rings. The van der Waals surface area contributed by atoms with Crippen LogP contribution in [-0.4, -0.2) is 17.1 Å². The van der Waals surface area contributed by atoms with Gasteiger partial charge in [-0.05, 0) is 5.56 Å². The monoisotopic (exact) mass is 286 g/mol. The number of benzene rings is 1. The first kappa shape index (κ1) is 13.0. The Morgan fingerprint density at radius 3 is 2.75 bits per heavy atom. The van der Waals surface area contributed by atoms with Gasteiger partial charge in [0.05, 0.1) is 5.39 Å². The number of nitrogens with two attached hydrogens (primary N) is 1. The molecule has 3 N–H and O–H groups in total. The Balaban J connectivity index is 2.21. The molecule has 20 heavy (non-hydrogen) atoms. The van der Waals surface area contributed by atoms with Crippen LogP contribution in [0.15, 0.2) is 35.7 Å². The molecule has 102 valence electrons. The van der Waals surface area contributed by atoms with E-state index in [0.717, 1.165) is 21.3 Å². The van der Waals surface area contributed by atoms with Gasteiger partial charge in [-0.1, -0.05) is 30.3 Å². The van der Waals surface area contributed by atoms with E-state index in [4.69, 9.17) is 10.6 Å². The molecule has 0 fully saturated rings. The number of aromatic nitrogens is 2. The maximum absolute atomic E-state index is 5.61. The van der Waals surface area contributed by atoms with Crippen molar-refractivity contribution in [2.75, 3.05) is 12.5 Å². The second-order valence-corrected chi connectivity index (χ2v) is 5.12. The Labute approximate surface area is 120 Å². The number of hydrazine groups is 1. The van der Waals surface area contributed by atoms with Gasteiger partial charge >= 0.3 is 0 Å². The quantitative estimate of drug-likeness (QED) is 0.570. The molecule has 0 amide bonds. The third-order valence-corrected chi connectivity index (χ3v) is 3.85. The second kappa shape index (κ2) is 5.54. The van der Waals surface area contributed by atoms with Crippen LogP contribution in [0.1, 0.15) is 5.82 Å². The number of anilines is 1. The fourth-order valence-corrected chi connectivity index (χ4v) is 3.08. The van der Waals surface area contributed by atoms with Gasteiger partial charge in [-0.15, -0.1) is 11.3 Å². The number of nitrogens with one attached hydrogen (secondary N) is 1. The van der Waals surface area contributed by atoms with Gasteiger partial charge in [0, 0.05) is 18.1 Å². The molecule has 0 atom stereocenters. The highest BCUT2D eigenvalue weighted by Crippen LogP contribution is 2.36. The zero-order chi connectivity index (χ0) is 13.9. The van der Waals surface area contributed by atoms with E-state index in [-0.39, 0.29) is 0 Å². The number of nitrogens with zero attached hydrogens (tertiary/aromatic N) is 2. The van der Waals surface area contributed by atoms with Crippen LogP contribution in [0.4, 0.5) is 5.82 Å². The van der Waals surface area contributed by atoms with Crippen LogP contribution in [0.5, 0.6) is 0 Å². The van der Waals surface area contributed by atoms with E-state index in [1.807, 2.05) is 18.2 Å². The van der Waals surface area contributed by atoms with Crippen LogP contribution in [0.25, 0.3) is 21.3 Å². The van der Waals surface area contributed by atoms with Gasteiger partial charge in [-0.25, -0.2) is 15.8 Å². The van der Waals surface area contributed by atoms with Crippen LogP contribution in [0.3, 0.4) is 0 Å². The Hall–Kier alpha value is -2.02. The van der Waals surface area contributed by atoms with Gasteiger partial charge in [0.25, 0.3) is 0 Å². The standard InChI is InChI=1S/C14H14N4OS/c1-19-7-11-16-13(18-15)12-10(8-20-14(12)17-11)9-5-3-2-4-6-9/h2-6,8H,7,15H2,1H3,(H,16,17,18). The van der Waals surface area contributed by atoms with Crippen molar-refractivity contribution < 1.29 is 4.74 Å². The molecule has 1 aromatic carbocycles. The van der Waals surface area contributed by atoms with Crippen molar-refractivity contribution in [1.29, 1.82) is 0 Å². The summed E-state index contributed by atoms with van der Waals surface area (Å²) in [5.74, 6) is 6.86. The zero-order valence-electron chi connectivity index (χ0n) is 11.0. The first-order valence-electron chi connectivity index (χ1n) is 6.12. The minimum atomic E-state index is 0.364. The summed E-state index contributed by atoms with van der Waals surface area (Å²) in [6.07, 6.45) is 0. The van der Waals surface area contributed by atoms with Crippen molar-refractivity contribution in [3.05, 3.63) is 41.5 Å². The lowest BCUT2D eigenvalue weighted by atomic mass is 10.1. The van der Waals surface area contributed by atoms with E-state index in [0.29, 0.717) is 18.2 Å². The second-order valence-electron chi connectivity index (χ2n) is 4.26. The number of hydrogen-bond donors (Lipinski definition) is 2. The molecule has 6 heteroatoms. The summed E-state index contributed by atoms with van der Waals surface area (Å²) in [6, 6.07) is 10.1. The Morgan fingerprint density at radius 2 is 2.05 bits per heavy atom. The van der Waals surface area contributed by atoms with Gasteiger partial charge in [-0.3, -0.25) is 0 Å². The highest BCUT2D eigenvalue weighted by atomic mass is 32.1. The molecule has 2 heterocycles. The van der Waals surface area contributed by atoms with E-state index in [1.54, 1.807) is 18.4 Å². The lowest BCUT2D eigenvalue weighted by molar-refractivity contribution is 0.178. The van der Waals surface area contributed by atoms with Crippen molar-refractivity contribution >= 4 is 27.4 Å². The van der Waals surface area contributed by atoms with Gasteiger partial charge in [-0.2, -0.15) is 0 Å². The molecule has 0 saturated heterocycles. The van der Waals surface area contributed by atoms with Crippen molar-refractivity contribution in [2.24, 2.45) is 5.84 Å². The number of nitrogen functional groups attached to an aromatic ring is 1. The van der Waals surface area contributed by atoms with Gasteiger partial charge in [0.2, 0.25) is 0 Å². The maximum Gasteiger partial charge on any atom is 0.158 e. The number of hydrogen-bond acceptors (Lipinski definition) is 6. The SMILES string of the molecule is COCc1nc(NN)c2c(-c3ccccc3)csc2n1. The molecule has 0 aliphatic heterocycles. The zero-order valence-corrected chi connectivity index (χ0v) is 11.8. The summed E-state index contributed by atoms with van der Waals surface area (Å²) in [6.45, 7) is 0.364. The number of methoxy groups -OCH3 is 1. The van der Waals surface area contributed by atoms with Crippen LogP contribution < -0.4 is 11.3 Å². The van der Waals surface area contributed by atoms with E-state index >= 15 is 0 Å². The Bertz CT molecular complexity index is 727. The topological polar surface area (TPSA) is 73.1 Å². The molecule has 0 radical (unpaired) electrons. The summed E-state index contributed by atoms with van der Waals surface area (Å²) in [7, 11) is 1.62. The predicted molar refractivity (Wildman–Crippen MR) is 81.4 cm³/mol. The third kappa shape index (κ3) is 2.24. The van der Waals surface area contributed by atoms with Crippen LogP contribution >= 0.6 is 11.3 Å². The first-order valence-corrected chi connectivity index (χ1v) is 7.00. The van der Waals surface area contributed by atoms with E-state index in [2.05, 4.69) is 32.9 Å². The van der Waals surface area contributed by atoms with Crippen molar-refractivity contribution in [1.82, 2.24) is 9.97 Å². The highest BCUT2D eigenvalue weighted by Gasteiger charge is 2.14. The number of fused-ring (bicyclic) bond motifs is 1. The Morgan fingerprint density at radius 1 is 1.25 bits per heavy atom. The molecule has 5 nitrogen and oxygen atoms in total. The molecule has 0 unspecified atom stereocenters. The normalized spacial score (nSPS) is 10.9. The van der Waals surface area contributed by atoms with E-state index in [1.165, 1.54) is 0 Å². The number of rotatable bonds is 4. The molecule has 0 saturated carbocycles. The van der Waals surface area contributed by atoms with Crippen molar-refractivity contribution in [3.63, 3.8) is 0 Å². The fourth-order valence-electron chi connectivity index (χ4n) is 2.11. The third-order valence-electron chi connectivity index (χ3n) is 2.97. The lowest BCUT2D eigenvalue weighted by Crippen LogP contribution is -2.11. The molecule has 0 aliphatic carbocycles. The average Bonchev–Trinajstić information content (AvgIpc) is 2.91. The summed E-state index contributed by atoms with van der Waals surface area (Å²) in [5.41, 5.74) is 4.87. The predicted octanol–water partition coefficient (Wildman–Crippen LogP) is 2.79. The summed E-state index contributed by atoms with van der Waals surface area (Å²) in [5, 5.41) is 3.02. The molecular formula is C14H14N4OS. The van der Waals surface area contributed by atoms with Gasteiger partial charge in [0.1, 0.15) is 11.4 Å². The molecule has 0 spiro atoms. The molecule has 3 rings (SSSR count). The largest absolute Gasteiger partial charge is 0.377 e.